The van der Waals surface area contributed by atoms with Crippen molar-refractivity contribution in [1.29, 1.82) is 0 Å². The van der Waals surface area contributed by atoms with Gasteiger partial charge in [-0.25, -0.2) is 21.9 Å². The molecule has 6 nitrogen and oxygen atoms in total. The molecule has 2 aliphatic rings. The minimum Gasteiger partial charge on any atom is -0.325 e. The van der Waals surface area contributed by atoms with E-state index in [1.54, 1.807) is 34.5 Å². The van der Waals surface area contributed by atoms with Crippen LogP contribution in [0.15, 0.2) is 48.5 Å². The molecule has 1 N–H and O–H groups in total. The van der Waals surface area contributed by atoms with Gasteiger partial charge in [-0.3, -0.25) is 0 Å². The van der Waals surface area contributed by atoms with Gasteiger partial charge in [-0.15, -0.1) is 0 Å². The highest BCUT2D eigenvalue weighted by atomic mass is 32.2. The maximum Gasteiger partial charge on any atom is 0.321 e. The van der Waals surface area contributed by atoms with Crippen molar-refractivity contribution in [3.63, 3.8) is 0 Å². The van der Waals surface area contributed by atoms with E-state index in [1.165, 1.54) is 12.1 Å². The Morgan fingerprint density at radius 3 is 2.30 bits per heavy atom. The lowest BCUT2D eigenvalue weighted by Gasteiger charge is -2.36. The van der Waals surface area contributed by atoms with Gasteiger partial charge in [0.05, 0.1) is 5.25 Å². The molecule has 1 aliphatic heterocycles. The molecular formula is C22H26FN3O3S. The van der Waals surface area contributed by atoms with Gasteiger partial charge in [-0.2, -0.15) is 0 Å². The molecule has 0 bridgehead atoms. The number of amides is 2. The predicted octanol–water partition coefficient (Wildman–Crippen LogP) is 3.91. The van der Waals surface area contributed by atoms with Gasteiger partial charge in [0.1, 0.15) is 5.82 Å². The van der Waals surface area contributed by atoms with Crippen LogP contribution >= 0.6 is 0 Å². The average Bonchev–Trinajstić information content (AvgIpc) is 3.60. The van der Waals surface area contributed by atoms with Crippen molar-refractivity contribution in [1.82, 2.24) is 9.21 Å². The lowest BCUT2D eigenvalue weighted by Crippen LogP contribution is -2.48. The summed E-state index contributed by atoms with van der Waals surface area (Å²) in [7, 11) is -1.40. The Bertz CT molecular complexity index is 1010. The maximum atomic E-state index is 13.4. The third-order valence-corrected chi connectivity index (χ3v) is 8.29. The van der Waals surface area contributed by atoms with Crippen LogP contribution in [0.2, 0.25) is 0 Å². The summed E-state index contributed by atoms with van der Waals surface area (Å²) >= 11 is 0. The molecule has 1 saturated carbocycles. The first-order valence-electron chi connectivity index (χ1n) is 10.2. The molecule has 8 heteroatoms. The van der Waals surface area contributed by atoms with Crippen LogP contribution < -0.4 is 5.32 Å². The number of urea groups is 1. The van der Waals surface area contributed by atoms with E-state index >= 15 is 0 Å². The fourth-order valence-electron chi connectivity index (χ4n) is 3.85. The van der Waals surface area contributed by atoms with Crippen LogP contribution in [0, 0.1) is 5.82 Å². The largest absolute Gasteiger partial charge is 0.325 e. The van der Waals surface area contributed by atoms with Crippen molar-refractivity contribution in [2.75, 3.05) is 25.5 Å². The molecule has 0 aromatic heterocycles. The number of nitrogens with one attached hydrogen (secondary N) is 1. The number of carbonyl (C=O) groups is 1. The molecule has 4 rings (SSSR count). The van der Waals surface area contributed by atoms with E-state index in [2.05, 4.69) is 5.32 Å². The molecule has 0 spiro atoms. The summed E-state index contributed by atoms with van der Waals surface area (Å²) in [5.74, 6) is -0.289. The van der Waals surface area contributed by atoms with Crippen LogP contribution in [0.1, 0.15) is 25.7 Å². The first-order chi connectivity index (χ1) is 14.3. The summed E-state index contributed by atoms with van der Waals surface area (Å²) in [5.41, 5.74) is 2.30. The molecule has 1 aliphatic carbocycles. The number of halogens is 1. The van der Waals surface area contributed by atoms with Gasteiger partial charge >= 0.3 is 6.03 Å². The molecule has 1 heterocycles. The zero-order valence-corrected chi connectivity index (χ0v) is 17.7. The summed E-state index contributed by atoms with van der Waals surface area (Å²) in [6, 6.07) is 13.4. The standard InChI is InChI=1S/C22H26FN3O3S/c1-25(20-11-13-26(14-12-20)30(28,29)21-9-10-21)22(27)24-19-7-5-16(6-8-19)17-3-2-4-18(23)15-17/h2-8,15,20-21H,9-14H2,1H3,(H,24,27). The Morgan fingerprint density at radius 1 is 1.03 bits per heavy atom. The Hall–Kier alpha value is -2.45. The number of benzene rings is 2. The van der Waals surface area contributed by atoms with Gasteiger partial charge in [-0.1, -0.05) is 24.3 Å². The van der Waals surface area contributed by atoms with Gasteiger partial charge in [0.25, 0.3) is 0 Å². The Kier molecular flexibility index (Phi) is 5.79. The molecule has 2 fully saturated rings. The highest BCUT2D eigenvalue weighted by molar-refractivity contribution is 7.90. The van der Waals surface area contributed by atoms with E-state index in [9.17, 15) is 17.6 Å². The number of hydrogen-bond donors (Lipinski definition) is 1. The normalized spacial score (nSPS) is 18.2. The molecule has 30 heavy (non-hydrogen) atoms. The van der Waals surface area contributed by atoms with Gasteiger partial charge in [0.15, 0.2) is 0 Å². The number of piperidine rings is 1. The number of rotatable bonds is 5. The summed E-state index contributed by atoms with van der Waals surface area (Å²) in [4.78, 5) is 14.3. The Morgan fingerprint density at radius 2 is 1.70 bits per heavy atom. The zero-order chi connectivity index (χ0) is 21.3. The van der Waals surface area contributed by atoms with Crippen molar-refractivity contribution in [3.8, 4) is 11.1 Å². The SMILES string of the molecule is CN(C(=O)Nc1ccc(-c2cccc(F)c2)cc1)C1CCN(S(=O)(=O)C2CC2)CC1. The topological polar surface area (TPSA) is 69.7 Å². The van der Waals surface area contributed by atoms with Crippen LogP contribution in [-0.4, -0.2) is 55.1 Å². The molecule has 2 aromatic carbocycles. The lowest BCUT2D eigenvalue weighted by atomic mass is 10.1. The van der Waals surface area contributed by atoms with Crippen LogP contribution in [0.5, 0.6) is 0 Å². The molecule has 0 atom stereocenters. The van der Waals surface area contributed by atoms with E-state index in [0.717, 1.165) is 24.0 Å². The second kappa shape index (κ2) is 8.35. The Labute approximate surface area is 176 Å². The number of sulfonamides is 1. The van der Waals surface area contributed by atoms with Crippen molar-refractivity contribution >= 4 is 21.7 Å². The number of nitrogens with zero attached hydrogens (tertiary/aromatic N) is 2. The van der Waals surface area contributed by atoms with Crippen molar-refractivity contribution < 1.29 is 17.6 Å². The highest BCUT2D eigenvalue weighted by Gasteiger charge is 2.41. The zero-order valence-electron chi connectivity index (χ0n) is 16.9. The molecule has 2 amide bonds. The number of hydrogen-bond acceptors (Lipinski definition) is 3. The van der Waals surface area contributed by atoms with Crippen LogP contribution in [0.4, 0.5) is 14.9 Å². The van der Waals surface area contributed by atoms with Crippen molar-refractivity contribution in [3.05, 3.63) is 54.3 Å². The average molecular weight is 432 g/mol. The van der Waals surface area contributed by atoms with E-state index in [4.69, 9.17) is 0 Å². The van der Waals surface area contributed by atoms with Gasteiger partial charge in [-0.05, 0) is 61.1 Å². The maximum absolute atomic E-state index is 13.4. The molecular weight excluding hydrogens is 405 g/mol. The smallest absolute Gasteiger partial charge is 0.321 e. The van der Waals surface area contributed by atoms with E-state index in [0.29, 0.717) is 31.6 Å². The fourth-order valence-corrected chi connectivity index (χ4v) is 5.73. The summed E-state index contributed by atoms with van der Waals surface area (Å²) < 4.78 is 39.7. The van der Waals surface area contributed by atoms with Gasteiger partial charge in [0.2, 0.25) is 10.0 Å². The van der Waals surface area contributed by atoms with Crippen molar-refractivity contribution in [2.45, 2.75) is 37.0 Å². The minimum atomic E-state index is -3.15. The first-order valence-corrected chi connectivity index (χ1v) is 11.7. The van der Waals surface area contributed by atoms with Gasteiger partial charge in [0, 0.05) is 31.9 Å². The Balaban J connectivity index is 1.32. The summed E-state index contributed by atoms with van der Waals surface area (Å²) in [6.45, 7) is 0.924. The molecule has 2 aromatic rings. The monoisotopic (exact) mass is 431 g/mol. The van der Waals surface area contributed by atoms with Crippen molar-refractivity contribution in [2.24, 2.45) is 0 Å². The third kappa shape index (κ3) is 4.49. The van der Waals surface area contributed by atoms with Crippen LogP contribution in [0.3, 0.4) is 0 Å². The van der Waals surface area contributed by atoms with Gasteiger partial charge < -0.3 is 10.2 Å². The first kappa shape index (κ1) is 20.8. The minimum absolute atomic E-state index is 0.00206. The quantitative estimate of drug-likeness (QED) is 0.780. The summed E-state index contributed by atoms with van der Waals surface area (Å²) in [5, 5.41) is 2.69. The molecule has 0 radical (unpaired) electrons. The van der Waals surface area contributed by atoms with Crippen LogP contribution in [-0.2, 0) is 10.0 Å². The van der Waals surface area contributed by atoms with Crippen LogP contribution in [0.25, 0.3) is 11.1 Å². The molecule has 1 saturated heterocycles. The fraction of sp³-hybridized carbons (Fsp3) is 0.409. The summed E-state index contributed by atoms with van der Waals surface area (Å²) in [6.07, 6.45) is 2.80. The number of carbonyl (C=O) groups excluding carboxylic acids is 1. The predicted molar refractivity (Wildman–Crippen MR) is 115 cm³/mol. The van der Waals surface area contributed by atoms with E-state index in [1.807, 2.05) is 18.2 Å². The second-order valence-corrected chi connectivity index (χ2v) is 10.2. The number of anilines is 1. The molecule has 0 unspecified atom stereocenters. The highest BCUT2D eigenvalue weighted by Crippen LogP contribution is 2.32. The third-order valence-electron chi connectivity index (χ3n) is 5.89. The van der Waals surface area contributed by atoms with E-state index in [-0.39, 0.29) is 23.1 Å². The lowest BCUT2D eigenvalue weighted by molar-refractivity contribution is 0.174. The second-order valence-electron chi connectivity index (χ2n) is 8.00. The van der Waals surface area contributed by atoms with E-state index < -0.39 is 10.0 Å². The molecule has 160 valence electrons.